The first kappa shape index (κ1) is 12.1. The van der Waals surface area contributed by atoms with Crippen LogP contribution in [0.4, 0.5) is 5.69 Å². The molecule has 0 aliphatic carbocycles. The summed E-state index contributed by atoms with van der Waals surface area (Å²) < 4.78 is 0. The third kappa shape index (κ3) is 3.58. The molecular formula is C14H23N. The van der Waals surface area contributed by atoms with E-state index >= 15 is 0 Å². The largest absolute Gasteiger partial charge is 0.372 e. The quantitative estimate of drug-likeness (QED) is 0.681. The van der Waals surface area contributed by atoms with Gasteiger partial charge in [-0.25, -0.2) is 0 Å². The summed E-state index contributed by atoms with van der Waals surface area (Å²) >= 11 is 0. The van der Waals surface area contributed by atoms with Crippen LogP contribution in [0.1, 0.15) is 39.2 Å². The summed E-state index contributed by atoms with van der Waals surface area (Å²) in [6, 6.07) is 9.00. The highest BCUT2D eigenvalue weighted by molar-refractivity contribution is 5.47. The highest BCUT2D eigenvalue weighted by Crippen LogP contribution is 2.16. The summed E-state index contributed by atoms with van der Waals surface area (Å²) in [5, 5.41) is 0. The summed E-state index contributed by atoms with van der Waals surface area (Å²) in [5.41, 5.74) is 2.79. The first-order valence-corrected chi connectivity index (χ1v) is 6.15. The van der Waals surface area contributed by atoms with Crippen molar-refractivity contribution in [1.82, 2.24) is 0 Å². The Morgan fingerprint density at radius 1 is 0.867 bits per heavy atom. The van der Waals surface area contributed by atoms with Crippen LogP contribution in [0.5, 0.6) is 0 Å². The van der Waals surface area contributed by atoms with Gasteiger partial charge in [0.15, 0.2) is 0 Å². The maximum absolute atomic E-state index is 2.47. The Kier molecular flexibility index (Phi) is 5.23. The van der Waals surface area contributed by atoms with Gasteiger partial charge in [0.25, 0.3) is 0 Å². The third-order valence-electron chi connectivity index (χ3n) is 2.70. The molecule has 0 aliphatic heterocycles. The van der Waals surface area contributed by atoms with Crippen molar-refractivity contribution in [1.29, 1.82) is 0 Å². The zero-order valence-corrected chi connectivity index (χ0v) is 10.3. The Labute approximate surface area is 94.1 Å². The summed E-state index contributed by atoms with van der Waals surface area (Å²) in [6.07, 6.45) is 3.56. The Morgan fingerprint density at radius 2 is 1.40 bits per heavy atom. The van der Waals surface area contributed by atoms with Crippen molar-refractivity contribution in [3.63, 3.8) is 0 Å². The van der Waals surface area contributed by atoms with Crippen molar-refractivity contribution in [2.45, 2.75) is 40.0 Å². The maximum atomic E-state index is 2.47. The number of anilines is 1. The minimum Gasteiger partial charge on any atom is -0.372 e. The second-order valence-electron chi connectivity index (χ2n) is 4.01. The highest BCUT2D eigenvalue weighted by atomic mass is 15.1. The molecule has 0 unspecified atom stereocenters. The zero-order chi connectivity index (χ0) is 11.1. The van der Waals surface area contributed by atoms with Gasteiger partial charge < -0.3 is 4.90 Å². The van der Waals surface area contributed by atoms with Crippen molar-refractivity contribution in [3.05, 3.63) is 29.8 Å². The van der Waals surface area contributed by atoms with Gasteiger partial charge in [-0.2, -0.15) is 0 Å². The van der Waals surface area contributed by atoms with Crippen molar-refractivity contribution in [2.75, 3.05) is 18.0 Å². The molecule has 0 radical (unpaired) electrons. The van der Waals surface area contributed by atoms with E-state index in [4.69, 9.17) is 0 Å². The minimum absolute atomic E-state index is 1.13. The van der Waals surface area contributed by atoms with Crippen LogP contribution in [0.2, 0.25) is 0 Å². The molecular weight excluding hydrogens is 182 g/mol. The molecule has 0 saturated carbocycles. The van der Waals surface area contributed by atoms with E-state index in [1.54, 1.807) is 0 Å². The van der Waals surface area contributed by atoms with Gasteiger partial charge in [-0.05, 0) is 37.0 Å². The van der Waals surface area contributed by atoms with E-state index in [-0.39, 0.29) is 0 Å². The van der Waals surface area contributed by atoms with Gasteiger partial charge in [-0.3, -0.25) is 0 Å². The summed E-state index contributed by atoms with van der Waals surface area (Å²) in [6.45, 7) is 9.01. The van der Waals surface area contributed by atoms with Gasteiger partial charge in [0, 0.05) is 18.8 Å². The molecule has 0 N–H and O–H groups in total. The van der Waals surface area contributed by atoms with Crippen LogP contribution in [0.15, 0.2) is 24.3 Å². The number of nitrogens with zero attached hydrogens (tertiary/aromatic N) is 1. The Bertz CT molecular complexity index is 257. The highest BCUT2D eigenvalue weighted by Gasteiger charge is 2.03. The molecule has 15 heavy (non-hydrogen) atoms. The standard InChI is InChI=1S/C14H23N/c1-4-11-15(12-5-2)14-9-7-13(6-3)8-10-14/h7-10H,4-6,11-12H2,1-3H3. The molecule has 0 heterocycles. The lowest BCUT2D eigenvalue weighted by atomic mass is 10.1. The lowest BCUT2D eigenvalue weighted by molar-refractivity contribution is 0.745. The first-order valence-electron chi connectivity index (χ1n) is 6.15. The molecule has 0 amide bonds. The van der Waals surface area contributed by atoms with E-state index in [0.717, 1.165) is 6.42 Å². The van der Waals surface area contributed by atoms with E-state index in [0.29, 0.717) is 0 Å². The van der Waals surface area contributed by atoms with Crippen molar-refractivity contribution < 1.29 is 0 Å². The van der Waals surface area contributed by atoms with Crippen LogP contribution in [-0.4, -0.2) is 13.1 Å². The monoisotopic (exact) mass is 205 g/mol. The fraction of sp³-hybridized carbons (Fsp3) is 0.571. The minimum atomic E-state index is 1.13. The second kappa shape index (κ2) is 6.49. The predicted octanol–water partition coefficient (Wildman–Crippen LogP) is 3.88. The molecule has 0 spiro atoms. The fourth-order valence-electron chi connectivity index (χ4n) is 1.85. The lowest BCUT2D eigenvalue weighted by Crippen LogP contribution is -2.24. The number of hydrogen-bond acceptors (Lipinski definition) is 1. The normalized spacial score (nSPS) is 10.3. The number of hydrogen-bond donors (Lipinski definition) is 0. The molecule has 1 heteroatoms. The summed E-state index contributed by atoms with van der Waals surface area (Å²) in [4.78, 5) is 2.47. The number of rotatable bonds is 6. The van der Waals surface area contributed by atoms with Crippen LogP contribution < -0.4 is 4.90 Å². The lowest BCUT2D eigenvalue weighted by Gasteiger charge is -2.23. The Morgan fingerprint density at radius 3 is 1.80 bits per heavy atom. The van der Waals surface area contributed by atoms with Gasteiger partial charge in [-0.1, -0.05) is 32.9 Å². The van der Waals surface area contributed by atoms with E-state index in [9.17, 15) is 0 Å². The molecule has 0 saturated heterocycles. The molecule has 1 aromatic rings. The van der Waals surface area contributed by atoms with Crippen LogP contribution in [-0.2, 0) is 6.42 Å². The SMILES string of the molecule is CCCN(CCC)c1ccc(CC)cc1. The fourth-order valence-corrected chi connectivity index (χ4v) is 1.85. The molecule has 0 aromatic heterocycles. The van der Waals surface area contributed by atoms with Gasteiger partial charge in [-0.15, -0.1) is 0 Å². The topological polar surface area (TPSA) is 3.24 Å². The number of benzene rings is 1. The van der Waals surface area contributed by atoms with Crippen molar-refractivity contribution in [2.24, 2.45) is 0 Å². The van der Waals surface area contributed by atoms with E-state index < -0.39 is 0 Å². The summed E-state index contributed by atoms with van der Waals surface area (Å²) in [5.74, 6) is 0. The van der Waals surface area contributed by atoms with Crippen molar-refractivity contribution in [3.8, 4) is 0 Å². The first-order chi connectivity index (χ1) is 7.31. The average Bonchev–Trinajstić information content (AvgIpc) is 2.29. The Balaban J connectivity index is 2.72. The van der Waals surface area contributed by atoms with Gasteiger partial charge in [0.2, 0.25) is 0 Å². The average molecular weight is 205 g/mol. The molecule has 84 valence electrons. The van der Waals surface area contributed by atoms with Crippen LogP contribution in [0.25, 0.3) is 0 Å². The molecule has 1 nitrogen and oxygen atoms in total. The van der Waals surface area contributed by atoms with Crippen LogP contribution in [0, 0.1) is 0 Å². The molecule has 0 aliphatic rings. The molecule has 0 fully saturated rings. The zero-order valence-electron chi connectivity index (χ0n) is 10.3. The van der Waals surface area contributed by atoms with E-state index in [1.165, 1.54) is 37.2 Å². The molecule has 1 rings (SSSR count). The van der Waals surface area contributed by atoms with Gasteiger partial charge in [0.05, 0.1) is 0 Å². The smallest absolute Gasteiger partial charge is 0.0366 e. The van der Waals surface area contributed by atoms with E-state index in [1.807, 2.05) is 0 Å². The van der Waals surface area contributed by atoms with E-state index in [2.05, 4.69) is 49.9 Å². The second-order valence-corrected chi connectivity index (χ2v) is 4.01. The number of aryl methyl sites for hydroxylation is 1. The maximum Gasteiger partial charge on any atom is 0.0366 e. The third-order valence-corrected chi connectivity index (χ3v) is 2.70. The van der Waals surface area contributed by atoms with Crippen molar-refractivity contribution >= 4 is 5.69 Å². The van der Waals surface area contributed by atoms with Gasteiger partial charge in [0.1, 0.15) is 0 Å². The predicted molar refractivity (Wildman–Crippen MR) is 68.6 cm³/mol. The molecule has 0 atom stereocenters. The Hall–Kier alpha value is -0.980. The van der Waals surface area contributed by atoms with Crippen LogP contribution in [0.3, 0.4) is 0 Å². The molecule has 1 aromatic carbocycles. The summed E-state index contributed by atoms with van der Waals surface area (Å²) in [7, 11) is 0. The van der Waals surface area contributed by atoms with Crippen LogP contribution >= 0.6 is 0 Å². The molecule has 0 bridgehead atoms. The van der Waals surface area contributed by atoms with Gasteiger partial charge >= 0.3 is 0 Å².